The van der Waals surface area contributed by atoms with Crippen molar-refractivity contribution in [1.82, 2.24) is 3.46 Å². The van der Waals surface area contributed by atoms with Crippen LogP contribution in [0.1, 0.15) is 0 Å². The molecule has 3 N–H and O–H groups in total. The van der Waals surface area contributed by atoms with Crippen LogP contribution in [0.3, 0.4) is 0 Å². The summed E-state index contributed by atoms with van der Waals surface area (Å²) in [5.74, 6) is 0. The van der Waals surface area contributed by atoms with E-state index in [1.807, 2.05) is 3.46 Å². The molecule has 0 radical (unpaired) electrons. The van der Waals surface area contributed by atoms with Gasteiger partial charge in [-0.25, -0.2) is 0 Å². The Hall–Kier alpha value is -0.0366. The van der Waals surface area contributed by atoms with Crippen molar-refractivity contribution in [2.75, 3.05) is 0 Å². The monoisotopic (exact) mass is 221 g/mol. The predicted octanol–water partition coefficient (Wildman–Crippen LogP) is -0.875. The van der Waals surface area contributed by atoms with Crippen molar-refractivity contribution in [2.45, 2.75) is 5.52 Å². The first kappa shape index (κ1) is 12.6. The third-order valence-electron chi connectivity index (χ3n) is 0.327. The van der Waals surface area contributed by atoms with Crippen LogP contribution in [0, 0.1) is 0 Å². The van der Waals surface area contributed by atoms with Crippen LogP contribution >= 0.6 is 0 Å². The molecule has 0 aromatic rings. The van der Waals surface area contributed by atoms with Crippen LogP contribution in [-0.2, 0) is 32.5 Å². The summed E-state index contributed by atoms with van der Waals surface area (Å²) in [6.45, 7) is -0.250. The van der Waals surface area contributed by atoms with Gasteiger partial charge in [-0.1, -0.05) is 0 Å². The minimum atomic E-state index is -3.84. The molecule has 0 rings (SSSR count). The van der Waals surface area contributed by atoms with Crippen LogP contribution in [0.4, 0.5) is 0 Å². The third kappa shape index (κ3) is 24.6. The van der Waals surface area contributed by atoms with Gasteiger partial charge >= 0.3 is 49.6 Å². The summed E-state index contributed by atoms with van der Waals surface area (Å²) in [5.41, 5.74) is 1.76. The van der Waals surface area contributed by atoms with E-state index in [1.54, 1.807) is 5.52 Å². The zero-order valence-corrected chi connectivity index (χ0v) is 9.10. The Labute approximate surface area is 66.4 Å². The van der Waals surface area contributed by atoms with Gasteiger partial charge in [-0.15, -0.1) is 0 Å². The maximum atomic E-state index is 9.72. The van der Waals surface area contributed by atoms with Crippen LogP contribution < -0.4 is 3.46 Å². The van der Waals surface area contributed by atoms with Gasteiger partial charge in [0.15, 0.2) is 0 Å². The SMILES string of the molecule is O=CO.[CH3][Zn][NH]S(=O)(=O)O. The van der Waals surface area contributed by atoms with Crippen LogP contribution in [0.2, 0.25) is 5.52 Å². The molecule has 6 nitrogen and oxygen atoms in total. The number of carbonyl (C=O) groups is 1. The minimum absolute atomic E-state index is 0.250. The van der Waals surface area contributed by atoms with Crippen LogP contribution in [-0.4, -0.2) is 24.5 Å². The van der Waals surface area contributed by atoms with Crippen LogP contribution in [0.25, 0.3) is 0 Å². The summed E-state index contributed by atoms with van der Waals surface area (Å²) < 4.78 is 29.4. The fraction of sp³-hybridized carbons (Fsp3) is 0.500. The van der Waals surface area contributed by atoms with Crippen molar-refractivity contribution in [1.29, 1.82) is 0 Å². The van der Waals surface area contributed by atoms with E-state index >= 15 is 0 Å². The maximum absolute atomic E-state index is 9.72. The molecule has 0 amide bonds. The molecule has 0 aliphatic carbocycles. The Balaban J connectivity index is 0. The van der Waals surface area contributed by atoms with E-state index in [0.717, 1.165) is 0 Å². The quantitative estimate of drug-likeness (QED) is 0.320. The number of nitrogens with one attached hydrogen (secondary N) is 1. The van der Waals surface area contributed by atoms with Crippen molar-refractivity contribution in [3.8, 4) is 0 Å². The molecule has 0 saturated heterocycles. The Bertz CT molecular complexity index is 164. The van der Waals surface area contributed by atoms with Gasteiger partial charge in [0.25, 0.3) is 6.47 Å². The second kappa shape index (κ2) is 7.07. The van der Waals surface area contributed by atoms with Crippen molar-refractivity contribution in [3.63, 3.8) is 0 Å². The van der Waals surface area contributed by atoms with Gasteiger partial charge in [0, 0.05) is 0 Å². The Kier molecular flexibility index (Phi) is 8.93. The molecule has 0 aromatic carbocycles. The molecule has 0 atom stereocenters. The molecule has 0 fully saturated rings. The van der Waals surface area contributed by atoms with Crippen LogP contribution in [0.5, 0.6) is 0 Å². The first-order valence-electron chi connectivity index (χ1n) is 2.27. The summed E-state index contributed by atoms with van der Waals surface area (Å²) in [7, 11) is -3.84. The number of rotatable bonds is 2. The number of carboxylic acid groups (broad SMARTS) is 1. The van der Waals surface area contributed by atoms with E-state index in [4.69, 9.17) is 14.5 Å². The molecule has 0 aromatic heterocycles. The fourth-order valence-corrected chi connectivity index (χ4v) is 2.84. The van der Waals surface area contributed by atoms with Crippen molar-refractivity contribution in [3.05, 3.63) is 0 Å². The van der Waals surface area contributed by atoms with E-state index < -0.39 is 27.7 Å². The first-order chi connectivity index (χ1) is 4.47. The zero-order chi connectivity index (χ0) is 8.62. The van der Waals surface area contributed by atoms with E-state index in [9.17, 15) is 8.42 Å². The van der Waals surface area contributed by atoms with E-state index in [1.165, 1.54) is 0 Å². The van der Waals surface area contributed by atoms with Crippen LogP contribution in [0.15, 0.2) is 0 Å². The summed E-state index contributed by atoms with van der Waals surface area (Å²) in [5, 5.41) is 6.89. The average molecular weight is 223 g/mol. The molecular weight excluding hydrogens is 215 g/mol. The first-order valence-corrected chi connectivity index (χ1v) is 8.17. The Morgan fingerprint density at radius 1 is 1.60 bits per heavy atom. The zero-order valence-electron chi connectivity index (χ0n) is 5.31. The van der Waals surface area contributed by atoms with Crippen molar-refractivity contribution in [2.24, 2.45) is 0 Å². The fourth-order valence-electron chi connectivity index (χ4n) is 0.182. The third-order valence-corrected chi connectivity index (χ3v) is 5.09. The normalized spacial score (nSPS) is 8.60. The molecule has 0 heterocycles. The second-order valence-electron chi connectivity index (χ2n) is 1.08. The summed E-state index contributed by atoms with van der Waals surface area (Å²) in [6, 6.07) is 0. The second-order valence-corrected chi connectivity index (χ2v) is 5.62. The summed E-state index contributed by atoms with van der Waals surface area (Å²) in [6.07, 6.45) is 0. The van der Waals surface area contributed by atoms with E-state index in [2.05, 4.69) is 0 Å². The van der Waals surface area contributed by atoms with Gasteiger partial charge in [0.1, 0.15) is 0 Å². The van der Waals surface area contributed by atoms with E-state index in [0.29, 0.717) is 0 Å². The predicted molar refractivity (Wildman–Crippen MR) is 29.2 cm³/mol. The topological polar surface area (TPSA) is 104 Å². The molecule has 0 aliphatic heterocycles. The van der Waals surface area contributed by atoms with Gasteiger partial charge < -0.3 is 5.11 Å². The summed E-state index contributed by atoms with van der Waals surface area (Å²) in [4.78, 5) is 8.36. The summed E-state index contributed by atoms with van der Waals surface area (Å²) >= 11 is -1.13. The van der Waals surface area contributed by atoms with Gasteiger partial charge in [0.05, 0.1) is 0 Å². The molecule has 0 saturated carbocycles. The molecule has 0 spiro atoms. The number of hydrogen-bond donors (Lipinski definition) is 3. The number of hydrogen-bond acceptors (Lipinski definition) is 3. The average Bonchev–Trinajstić information content (AvgIpc) is 1.63. The van der Waals surface area contributed by atoms with Crippen molar-refractivity contribution < 1.29 is 40.2 Å². The van der Waals surface area contributed by atoms with E-state index in [-0.39, 0.29) is 6.47 Å². The standard InChI is InChI=1S/CH2O2.CH3.H2NO3S.Zn/c2-1-3;;1-5(2,3)4;/h1H,(H,2,3);1H3;(H2-,1,2,3,4);/q;;-1;+1. The van der Waals surface area contributed by atoms with Gasteiger partial charge in [-0.3, -0.25) is 4.79 Å². The Morgan fingerprint density at radius 2 is 1.90 bits per heavy atom. The van der Waals surface area contributed by atoms with Crippen molar-refractivity contribution >= 4 is 16.8 Å². The van der Waals surface area contributed by atoms with Gasteiger partial charge in [-0.2, -0.15) is 0 Å². The molecule has 0 aliphatic rings. The molecular formula is C2H7NO5SZn. The molecule has 0 bridgehead atoms. The molecule has 10 heavy (non-hydrogen) atoms. The van der Waals surface area contributed by atoms with Gasteiger partial charge in [-0.05, 0) is 0 Å². The molecule has 58 valence electrons. The Morgan fingerprint density at radius 3 is 1.90 bits per heavy atom. The van der Waals surface area contributed by atoms with Gasteiger partial charge in [0.2, 0.25) is 0 Å². The molecule has 0 unspecified atom stereocenters. The molecule has 8 heteroatoms.